The molecule has 0 spiro atoms. The van der Waals surface area contributed by atoms with Gasteiger partial charge in [-0.05, 0) is 47.2 Å². The molecule has 2 aromatic heterocycles. The number of fused-ring (bicyclic) bond motifs is 3. The quantitative estimate of drug-likeness (QED) is 0.705. The van der Waals surface area contributed by atoms with E-state index in [-0.39, 0.29) is 18.4 Å². The van der Waals surface area contributed by atoms with Gasteiger partial charge in [0.15, 0.2) is 0 Å². The Bertz CT molecular complexity index is 1080. The summed E-state index contributed by atoms with van der Waals surface area (Å²) in [6.07, 6.45) is 4.72. The molecule has 9 nitrogen and oxygen atoms in total. The van der Waals surface area contributed by atoms with E-state index in [4.69, 9.17) is 0 Å². The number of carbonyl (C=O) groups is 2. The number of nitrogens with zero attached hydrogens (tertiary/aromatic N) is 6. The number of carbonyl (C=O) groups excluding carboxylic acids is 2. The van der Waals surface area contributed by atoms with Crippen molar-refractivity contribution in [1.82, 2.24) is 35.0 Å². The van der Waals surface area contributed by atoms with Gasteiger partial charge in [-0.15, -0.1) is 5.10 Å². The molecule has 1 unspecified atom stereocenters. The average molecular weight is 407 g/mol. The lowest BCUT2D eigenvalue weighted by Gasteiger charge is -2.34. The van der Waals surface area contributed by atoms with Crippen LogP contribution in [0.5, 0.6) is 0 Å². The van der Waals surface area contributed by atoms with Crippen LogP contribution in [0.3, 0.4) is 0 Å². The van der Waals surface area contributed by atoms with Gasteiger partial charge in [0.1, 0.15) is 12.9 Å². The van der Waals surface area contributed by atoms with E-state index in [1.54, 1.807) is 4.90 Å². The van der Waals surface area contributed by atoms with E-state index in [1.165, 1.54) is 34.1 Å². The van der Waals surface area contributed by atoms with Gasteiger partial charge < -0.3 is 14.8 Å². The van der Waals surface area contributed by atoms with Crippen molar-refractivity contribution in [1.29, 1.82) is 0 Å². The number of H-pyrrole nitrogens is 1. The Morgan fingerprint density at radius 1 is 1.17 bits per heavy atom. The van der Waals surface area contributed by atoms with Crippen LogP contribution in [0, 0.1) is 5.92 Å². The fourth-order valence-corrected chi connectivity index (χ4v) is 4.61. The molecule has 1 atom stereocenters. The molecule has 3 heterocycles. The Kier molecular flexibility index (Phi) is 4.72. The molecule has 1 saturated heterocycles. The number of benzene rings is 1. The molecular formula is C21H25N7O2. The van der Waals surface area contributed by atoms with Crippen LogP contribution in [0.1, 0.15) is 35.0 Å². The molecule has 1 N–H and O–H groups in total. The zero-order chi connectivity index (χ0) is 20.7. The number of aromatic amines is 1. The van der Waals surface area contributed by atoms with Crippen molar-refractivity contribution >= 4 is 22.7 Å². The zero-order valence-corrected chi connectivity index (χ0v) is 17.0. The molecule has 0 saturated carbocycles. The minimum Gasteiger partial charge on any atom is -0.358 e. The van der Waals surface area contributed by atoms with Gasteiger partial charge >= 0.3 is 0 Å². The first-order valence-corrected chi connectivity index (χ1v) is 10.5. The van der Waals surface area contributed by atoms with Crippen molar-refractivity contribution in [2.24, 2.45) is 5.92 Å². The molecule has 0 bridgehead atoms. The third kappa shape index (κ3) is 3.34. The minimum atomic E-state index is -0.0392. The Hall–Kier alpha value is -3.23. The first kappa shape index (κ1) is 18.8. The fraction of sp³-hybridized carbons (Fsp3) is 0.476. The van der Waals surface area contributed by atoms with E-state index in [0.29, 0.717) is 32.1 Å². The highest BCUT2D eigenvalue weighted by molar-refractivity contribution is 6.07. The maximum absolute atomic E-state index is 13.3. The SMILES string of the molecule is CC1CCc2[nH]c3c(C(=O)N4CCN(C(=O)Cn5cnnn5)CC4)cccc3c2C1. The van der Waals surface area contributed by atoms with E-state index in [0.717, 1.165) is 23.9 Å². The average Bonchev–Trinajstić information content (AvgIpc) is 3.40. The largest absolute Gasteiger partial charge is 0.358 e. The molecule has 5 rings (SSSR count). The lowest BCUT2D eigenvalue weighted by molar-refractivity contribution is -0.133. The Labute approximate surface area is 174 Å². The maximum atomic E-state index is 13.3. The number of nitrogens with one attached hydrogen (secondary N) is 1. The van der Waals surface area contributed by atoms with Gasteiger partial charge in [-0.1, -0.05) is 19.1 Å². The lowest BCUT2D eigenvalue weighted by atomic mass is 9.87. The van der Waals surface area contributed by atoms with Crippen LogP contribution in [0.2, 0.25) is 0 Å². The second kappa shape index (κ2) is 7.55. The number of piperazine rings is 1. The number of amides is 2. The van der Waals surface area contributed by atoms with Crippen LogP contribution in [0.15, 0.2) is 24.5 Å². The van der Waals surface area contributed by atoms with Crippen molar-refractivity contribution in [3.05, 3.63) is 41.3 Å². The number of hydrogen-bond acceptors (Lipinski definition) is 5. The summed E-state index contributed by atoms with van der Waals surface area (Å²) in [4.78, 5) is 32.9. The first-order valence-electron chi connectivity index (χ1n) is 10.5. The summed E-state index contributed by atoms with van der Waals surface area (Å²) in [6, 6.07) is 6.01. The molecule has 1 aromatic carbocycles. The minimum absolute atomic E-state index is 0.0276. The molecule has 9 heteroatoms. The summed E-state index contributed by atoms with van der Waals surface area (Å²) in [5.74, 6) is 0.664. The summed E-state index contributed by atoms with van der Waals surface area (Å²) in [7, 11) is 0. The Morgan fingerprint density at radius 2 is 1.97 bits per heavy atom. The van der Waals surface area contributed by atoms with Crippen LogP contribution >= 0.6 is 0 Å². The standard InChI is InChI=1S/C21H25N7O2/c1-14-5-6-18-17(11-14)15-3-2-4-16(20(15)23-18)21(30)27-9-7-26(8-10-27)19(29)12-28-13-22-24-25-28/h2-4,13-14,23H,5-12H2,1H3. The summed E-state index contributed by atoms with van der Waals surface area (Å²) in [6.45, 7) is 4.48. The maximum Gasteiger partial charge on any atom is 0.256 e. The molecule has 1 aliphatic heterocycles. The molecule has 3 aromatic rings. The molecular weight excluding hydrogens is 382 g/mol. The van der Waals surface area contributed by atoms with Crippen molar-refractivity contribution in [3.8, 4) is 0 Å². The van der Waals surface area contributed by atoms with Gasteiger partial charge in [-0.3, -0.25) is 9.59 Å². The number of tetrazole rings is 1. The number of hydrogen-bond donors (Lipinski definition) is 1. The second-order valence-corrected chi connectivity index (χ2v) is 8.34. The number of aromatic nitrogens is 5. The van der Waals surface area contributed by atoms with E-state index in [2.05, 4.69) is 33.5 Å². The highest BCUT2D eigenvalue weighted by Crippen LogP contribution is 2.33. The molecule has 2 amide bonds. The van der Waals surface area contributed by atoms with E-state index in [1.807, 2.05) is 17.0 Å². The molecule has 1 aliphatic carbocycles. The van der Waals surface area contributed by atoms with Crippen molar-refractivity contribution in [3.63, 3.8) is 0 Å². The summed E-state index contributed by atoms with van der Waals surface area (Å²) >= 11 is 0. The lowest BCUT2D eigenvalue weighted by Crippen LogP contribution is -2.51. The topological polar surface area (TPSA) is 100 Å². The van der Waals surface area contributed by atoms with Crippen molar-refractivity contribution < 1.29 is 9.59 Å². The van der Waals surface area contributed by atoms with Crippen LogP contribution < -0.4 is 0 Å². The second-order valence-electron chi connectivity index (χ2n) is 8.34. The van der Waals surface area contributed by atoms with E-state index < -0.39 is 0 Å². The van der Waals surface area contributed by atoms with Crippen LogP contribution in [0.4, 0.5) is 0 Å². The fourth-order valence-electron chi connectivity index (χ4n) is 4.61. The van der Waals surface area contributed by atoms with Crippen molar-refractivity contribution in [2.45, 2.75) is 32.7 Å². The molecule has 2 aliphatic rings. The number of para-hydroxylation sites is 1. The predicted molar refractivity (Wildman–Crippen MR) is 110 cm³/mol. The van der Waals surface area contributed by atoms with Gasteiger partial charge in [-0.2, -0.15) is 0 Å². The Balaban J connectivity index is 1.30. The third-order valence-corrected chi connectivity index (χ3v) is 6.31. The van der Waals surface area contributed by atoms with Crippen LogP contribution in [-0.4, -0.2) is 73.0 Å². The molecule has 30 heavy (non-hydrogen) atoms. The smallest absolute Gasteiger partial charge is 0.256 e. The van der Waals surface area contributed by atoms with Gasteiger partial charge in [0.05, 0.1) is 11.1 Å². The van der Waals surface area contributed by atoms with Gasteiger partial charge in [-0.25, -0.2) is 4.68 Å². The number of aryl methyl sites for hydroxylation is 1. The summed E-state index contributed by atoms with van der Waals surface area (Å²) < 4.78 is 1.41. The molecule has 1 fully saturated rings. The van der Waals surface area contributed by atoms with Gasteiger partial charge in [0.2, 0.25) is 5.91 Å². The summed E-state index contributed by atoms with van der Waals surface area (Å²) in [5, 5.41) is 12.0. The Morgan fingerprint density at radius 3 is 2.73 bits per heavy atom. The first-order chi connectivity index (χ1) is 14.6. The van der Waals surface area contributed by atoms with E-state index in [9.17, 15) is 9.59 Å². The van der Waals surface area contributed by atoms with Crippen LogP contribution in [-0.2, 0) is 24.2 Å². The third-order valence-electron chi connectivity index (χ3n) is 6.31. The zero-order valence-electron chi connectivity index (χ0n) is 17.0. The predicted octanol–water partition coefficient (Wildman–Crippen LogP) is 1.26. The van der Waals surface area contributed by atoms with Gasteiger partial charge in [0, 0.05) is 37.3 Å². The monoisotopic (exact) mass is 407 g/mol. The highest BCUT2D eigenvalue weighted by Gasteiger charge is 2.28. The normalized spacial score (nSPS) is 19.2. The van der Waals surface area contributed by atoms with Crippen LogP contribution in [0.25, 0.3) is 10.9 Å². The summed E-state index contributed by atoms with van der Waals surface area (Å²) in [5.41, 5.74) is 4.33. The van der Waals surface area contributed by atoms with Gasteiger partial charge in [0.25, 0.3) is 5.91 Å². The highest BCUT2D eigenvalue weighted by atomic mass is 16.2. The molecule has 156 valence electrons. The van der Waals surface area contributed by atoms with E-state index >= 15 is 0 Å². The van der Waals surface area contributed by atoms with Crippen molar-refractivity contribution in [2.75, 3.05) is 26.2 Å². The number of rotatable bonds is 3. The molecule has 0 radical (unpaired) electrons.